The Bertz CT molecular complexity index is 221. The maximum atomic E-state index is 3.23. The number of rotatable bonds is 4. The minimum absolute atomic E-state index is 0. The van der Waals surface area contributed by atoms with Gasteiger partial charge in [-0.25, -0.2) is 0 Å². The topological polar surface area (TPSA) is 12.0 Å². The van der Waals surface area contributed by atoms with Gasteiger partial charge in [0.1, 0.15) is 0 Å². The van der Waals surface area contributed by atoms with E-state index in [9.17, 15) is 0 Å². The Kier molecular flexibility index (Phi) is 18.2. The summed E-state index contributed by atoms with van der Waals surface area (Å²) >= 11 is 1.62. The molecule has 0 heterocycles. The average Bonchev–Trinajstić information content (AvgIpc) is 2.15. The third kappa shape index (κ3) is 7.69. The molecule has 0 aromatic heterocycles. The molecule has 0 bridgehead atoms. The zero-order chi connectivity index (χ0) is 8.81. The predicted octanol–water partition coefficient (Wildman–Crippen LogP) is -7.41. The molecule has 15 heavy (non-hydrogen) atoms. The van der Waals surface area contributed by atoms with E-state index in [0.29, 0.717) is 5.92 Å². The minimum Gasteiger partial charge on any atom is -1.00 e. The summed E-state index contributed by atoms with van der Waals surface area (Å²) in [5.74, 6) is 0.703. The second kappa shape index (κ2) is 12.9. The number of hydrogen-bond donors (Lipinski definition) is 1. The second-order valence-corrected chi connectivity index (χ2v) is 4.03. The van der Waals surface area contributed by atoms with Crippen molar-refractivity contribution in [2.45, 2.75) is 10.4 Å². The molecule has 0 aliphatic rings. The minimum atomic E-state index is 0. The molecule has 1 nitrogen and oxygen atoms in total. The van der Waals surface area contributed by atoms with Crippen molar-refractivity contribution in [1.29, 1.82) is 0 Å². The van der Waals surface area contributed by atoms with Crippen LogP contribution in [0.1, 0.15) is 11.5 Å². The molecule has 0 spiro atoms. The fourth-order valence-electron chi connectivity index (χ4n) is 1.28. The molecule has 0 radical (unpaired) electrons. The van der Waals surface area contributed by atoms with Crippen LogP contribution in [0, 0.1) is 0 Å². The van der Waals surface area contributed by atoms with Crippen LogP contribution >= 0.6 is 0 Å². The second-order valence-electron chi connectivity index (χ2n) is 2.87. The molecular weight excluding hydrogens is 359 g/mol. The summed E-state index contributed by atoms with van der Waals surface area (Å²) in [5.41, 5.74) is 1.46. The third-order valence-electron chi connectivity index (χ3n) is 1.97. The zero-order valence-corrected chi connectivity index (χ0v) is 13.6. The van der Waals surface area contributed by atoms with Crippen LogP contribution in [-0.2, 0) is 0 Å². The van der Waals surface area contributed by atoms with E-state index >= 15 is 0 Å². The standard InChI is InChI=1S/C10H14N.3ClH.Sn/c1-9(8-11-2)10-6-4-3-5-7-10;;;;/h3-7,9,11H,1,8H2,2H3;3*1H;/q;;;;+3/p-3. The normalized spacial score (nSPS) is 10.3. The molecule has 0 saturated carbocycles. The predicted molar refractivity (Wildman–Crippen MR) is 53.7 cm³/mol. The zero-order valence-electron chi connectivity index (χ0n) is 8.51. The number of likely N-dealkylation sites (N-methyl/N-ethyl adjacent to an activating group) is 1. The van der Waals surface area contributed by atoms with Crippen LogP contribution in [0.4, 0.5) is 0 Å². The Labute approximate surface area is 124 Å². The molecule has 0 amide bonds. The fraction of sp³-hybridized carbons (Fsp3) is 0.400. The van der Waals surface area contributed by atoms with Crippen molar-refractivity contribution < 1.29 is 37.2 Å². The van der Waals surface area contributed by atoms with Crippen molar-refractivity contribution in [3.05, 3.63) is 35.9 Å². The van der Waals surface area contributed by atoms with E-state index in [4.69, 9.17) is 0 Å². The first-order chi connectivity index (χ1) is 5.88. The number of nitrogens with one attached hydrogen (secondary N) is 1. The van der Waals surface area contributed by atoms with Gasteiger partial charge in [0.2, 0.25) is 0 Å². The third-order valence-corrected chi connectivity index (χ3v) is 3.37. The smallest absolute Gasteiger partial charge is 1.00 e. The molecule has 1 unspecified atom stereocenters. The van der Waals surface area contributed by atoms with Crippen LogP contribution < -0.4 is 42.5 Å². The van der Waals surface area contributed by atoms with Gasteiger partial charge in [0.05, 0.1) is 0 Å². The van der Waals surface area contributed by atoms with Crippen LogP contribution in [0.15, 0.2) is 30.3 Å². The van der Waals surface area contributed by atoms with E-state index in [1.165, 1.54) is 10.0 Å². The van der Waals surface area contributed by atoms with Crippen molar-refractivity contribution in [3.8, 4) is 0 Å². The quantitative estimate of drug-likeness (QED) is 0.518. The summed E-state index contributed by atoms with van der Waals surface area (Å²) in [6.45, 7) is 1.09. The van der Waals surface area contributed by atoms with E-state index in [1.807, 2.05) is 7.05 Å². The van der Waals surface area contributed by atoms with Crippen LogP contribution in [0.25, 0.3) is 0 Å². The van der Waals surface area contributed by atoms with Crippen LogP contribution in [-0.4, -0.2) is 36.1 Å². The summed E-state index contributed by atoms with van der Waals surface area (Å²) in [6, 6.07) is 10.7. The van der Waals surface area contributed by atoms with Gasteiger partial charge < -0.3 is 37.2 Å². The molecule has 84 valence electrons. The van der Waals surface area contributed by atoms with E-state index in [2.05, 4.69) is 35.6 Å². The molecule has 0 saturated heterocycles. The first-order valence-electron chi connectivity index (χ1n) is 4.22. The average molecular weight is 373 g/mol. The Balaban J connectivity index is -0.000000480. The summed E-state index contributed by atoms with van der Waals surface area (Å²) in [7, 11) is 2.02. The summed E-state index contributed by atoms with van der Waals surface area (Å²) < 4.78 is 1.29. The molecule has 1 aromatic rings. The fourth-order valence-corrected chi connectivity index (χ4v) is 2.36. The molecule has 5 heteroatoms. The van der Waals surface area contributed by atoms with Gasteiger partial charge >= 0.3 is 87.7 Å². The molecule has 0 aliphatic heterocycles. The van der Waals surface area contributed by atoms with Crippen LogP contribution in [0.3, 0.4) is 0 Å². The van der Waals surface area contributed by atoms with E-state index in [-0.39, 0.29) is 37.2 Å². The van der Waals surface area contributed by atoms with Crippen molar-refractivity contribution in [1.82, 2.24) is 5.32 Å². The summed E-state index contributed by atoms with van der Waals surface area (Å²) in [5, 5.41) is 3.23. The first-order valence-corrected chi connectivity index (χ1v) is 6.24. The molecule has 1 atom stereocenters. The maximum Gasteiger partial charge on any atom is -1.00 e. The SMILES string of the molecule is CNCC([CH2][Sn+3])c1ccccc1.[Cl-].[Cl-].[Cl-]. The molecule has 0 aliphatic carbocycles. The van der Waals surface area contributed by atoms with Crippen molar-refractivity contribution in [2.24, 2.45) is 0 Å². The summed E-state index contributed by atoms with van der Waals surface area (Å²) in [6.07, 6.45) is 0. The van der Waals surface area contributed by atoms with E-state index in [0.717, 1.165) is 6.54 Å². The molecule has 1 N–H and O–H groups in total. The molecule has 1 aromatic carbocycles. The maximum absolute atomic E-state index is 3.23. The van der Waals surface area contributed by atoms with Gasteiger partial charge in [0, 0.05) is 0 Å². The van der Waals surface area contributed by atoms with Gasteiger partial charge in [-0.05, 0) is 0 Å². The van der Waals surface area contributed by atoms with Crippen molar-refractivity contribution in [2.75, 3.05) is 13.6 Å². The number of halogens is 3. The van der Waals surface area contributed by atoms with Crippen LogP contribution in [0.2, 0.25) is 4.44 Å². The largest absolute Gasteiger partial charge is 1.00 e. The first kappa shape index (κ1) is 21.2. The van der Waals surface area contributed by atoms with Crippen molar-refractivity contribution >= 4 is 22.5 Å². The van der Waals surface area contributed by atoms with Gasteiger partial charge in [0.15, 0.2) is 0 Å². The molecule has 1 rings (SSSR count). The van der Waals surface area contributed by atoms with Crippen molar-refractivity contribution in [3.63, 3.8) is 0 Å². The van der Waals surface area contributed by atoms with Gasteiger partial charge in [-0.2, -0.15) is 0 Å². The number of hydrogen-bond acceptors (Lipinski definition) is 1. The molecule has 0 fully saturated rings. The Morgan fingerprint density at radius 2 is 1.67 bits per heavy atom. The summed E-state index contributed by atoms with van der Waals surface area (Å²) in [4.78, 5) is 0. The van der Waals surface area contributed by atoms with E-state index in [1.54, 1.807) is 22.5 Å². The van der Waals surface area contributed by atoms with Gasteiger partial charge in [-0.15, -0.1) is 0 Å². The monoisotopic (exact) mass is 373 g/mol. The number of benzene rings is 1. The Hall–Kier alpha value is 0.849. The van der Waals surface area contributed by atoms with Crippen LogP contribution in [0.5, 0.6) is 0 Å². The van der Waals surface area contributed by atoms with Gasteiger partial charge in [0.25, 0.3) is 0 Å². The molecular formula is C10H14Cl3NSn. The Morgan fingerprint density at radius 1 is 1.13 bits per heavy atom. The van der Waals surface area contributed by atoms with Gasteiger partial charge in [-0.3, -0.25) is 0 Å². The van der Waals surface area contributed by atoms with E-state index < -0.39 is 0 Å². The van der Waals surface area contributed by atoms with Gasteiger partial charge in [-0.1, -0.05) is 0 Å². The Morgan fingerprint density at radius 3 is 2.07 bits per heavy atom.